The molecule has 0 aliphatic heterocycles. The molecule has 1 unspecified atom stereocenters. The summed E-state index contributed by atoms with van der Waals surface area (Å²) in [6.07, 6.45) is 11.7. The summed E-state index contributed by atoms with van der Waals surface area (Å²) in [5.41, 5.74) is 0. The summed E-state index contributed by atoms with van der Waals surface area (Å²) >= 11 is 0. The predicted octanol–water partition coefficient (Wildman–Crippen LogP) is 5.18. The van der Waals surface area contributed by atoms with E-state index in [0.717, 1.165) is 38.5 Å². The Hall–Kier alpha value is -1.06. The largest absolute Gasteiger partial charge is 0.462 e. The van der Waals surface area contributed by atoms with Crippen LogP contribution >= 0.6 is 0 Å². The zero-order valence-corrected chi connectivity index (χ0v) is 15.4. The van der Waals surface area contributed by atoms with Crippen molar-refractivity contribution in [3.05, 3.63) is 0 Å². The Morgan fingerprint density at radius 1 is 0.739 bits per heavy atom. The first kappa shape index (κ1) is 21.9. The number of ether oxygens (including phenoxy) is 2. The van der Waals surface area contributed by atoms with Gasteiger partial charge in [-0.15, -0.1) is 0 Å². The topological polar surface area (TPSA) is 52.6 Å². The second-order valence-corrected chi connectivity index (χ2v) is 6.31. The minimum absolute atomic E-state index is 0.162. The smallest absolute Gasteiger partial charge is 0.306 e. The minimum Gasteiger partial charge on any atom is -0.462 e. The lowest BCUT2D eigenvalue weighted by Crippen LogP contribution is -2.22. The van der Waals surface area contributed by atoms with Gasteiger partial charge in [-0.3, -0.25) is 9.59 Å². The molecule has 23 heavy (non-hydrogen) atoms. The highest BCUT2D eigenvalue weighted by molar-refractivity contribution is 5.70. The lowest BCUT2D eigenvalue weighted by atomic mass is 10.1. The zero-order valence-electron chi connectivity index (χ0n) is 15.4. The second kappa shape index (κ2) is 15.8. The first-order valence-corrected chi connectivity index (χ1v) is 9.45. The molecule has 0 heterocycles. The number of rotatable bonds is 15. The van der Waals surface area contributed by atoms with Gasteiger partial charge >= 0.3 is 11.9 Å². The third-order valence-corrected chi connectivity index (χ3v) is 3.78. The molecule has 0 amide bonds. The van der Waals surface area contributed by atoms with Gasteiger partial charge in [-0.05, 0) is 19.8 Å². The van der Waals surface area contributed by atoms with Gasteiger partial charge in [0.2, 0.25) is 0 Å². The van der Waals surface area contributed by atoms with Crippen LogP contribution in [0, 0.1) is 0 Å². The van der Waals surface area contributed by atoms with Crippen LogP contribution in [0.2, 0.25) is 0 Å². The quantitative estimate of drug-likeness (QED) is 0.307. The van der Waals surface area contributed by atoms with E-state index in [1.807, 2.05) is 0 Å². The molecule has 0 aromatic rings. The van der Waals surface area contributed by atoms with Crippen molar-refractivity contribution in [2.75, 3.05) is 6.61 Å². The van der Waals surface area contributed by atoms with Crippen molar-refractivity contribution in [2.45, 2.75) is 104 Å². The number of hydrogen-bond donors (Lipinski definition) is 0. The molecule has 0 aromatic carbocycles. The lowest BCUT2D eigenvalue weighted by Gasteiger charge is -2.13. The van der Waals surface area contributed by atoms with E-state index < -0.39 is 0 Å². The fourth-order valence-corrected chi connectivity index (χ4v) is 2.35. The maximum atomic E-state index is 11.6. The molecule has 0 aromatic heterocycles. The summed E-state index contributed by atoms with van der Waals surface area (Å²) in [6.45, 7) is 6.26. The molecule has 0 rings (SSSR count). The number of esters is 2. The van der Waals surface area contributed by atoms with Crippen molar-refractivity contribution < 1.29 is 19.1 Å². The van der Waals surface area contributed by atoms with Crippen LogP contribution in [0.25, 0.3) is 0 Å². The van der Waals surface area contributed by atoms with Crippen LogP contribution in [-0.4, -0.2) is 24.6 Å². The van der Waals surface area contributed by atoms with E-state index in [-0.39, 0.29) is 24.6 Å². The van der Waals surface area contributed by atoms with E-state index in [0.29, 0.717) is 12.8 Å². The van der Waals surface area contributed by atoms with E-state index in [2.05, 4.69) is 13.8 Å². The molecule has 1 atom stereocenters. The van der Waals surface area contributed by atoms with Gasteiger partial charge in [0.15, 0.2) is 0 Å². The Morgan fingerprint density at radius 3 is 1.83 bits per heavy atom. The van der Waals surface area contributed by atoms with Gasteiger partial charge in [-0.2, -0.15) is 0 Å². The van der Waals surface area contributed by atoms with Gasteiger partial charge in [0.05, 0.1) is 0 Å². The SMILES string of the molecule is CCCCCCCCC(=O)OCC(C)OC(=O)CCCCCC. The first-order valence-electron chi connectivity index (χ1n) is 9.45. The third kappa shape index (κ3) is 15.6. The van der Waals surface area contributed by atoms with E-state index in [9.17, 15) is 9.59 Å². The molecule has 0 saturated carbocycles. The molecule has 0 aliphatic carbocycles. The summed E-state index contributed by atoms with van der Waals surface area (Å²) in [7, 11) is 0. The number of hydrogen-bond acceptors (Lipinski definition) is 4. The molecule has 0 saturated heterocycles. The maximum Gasteiger partial charge on any atom is 0.306 e. The maximum absolute atomic E-state index is 11.6. The molecule has 136 valence electrons. The van der Waals surface area contributed by atoms with Crippen molar-refractivity contribution in [3.8, 4) is 0 Å². The Balaban J connectivity index is 3.54. The molecular formula is C19H36O4. The number of unbranched alkanes of at least 4 members (excludes halogenated alkanes) is 8. The van der Waals surface area contributed by atoms with Crippen molar-refractivity contribution in [1.82, 2.24) is 0 Å². The summed E-state index contributed by atoms with van der Waals surface area (Å²) in [5, 5.41) is 0. The fourth-order valence-electron chi connectivity index (χ4n) is 2.35. The lowest BCUT2D eigenvalue weighted by molar-refractivity contribution is -0.158. The number of carbonyl (C=O) groups excluding carboxylic acids is 2. The molecule has 0 fully saturated rings. The molecule has 4 heteroatoms. The van der Waals surface area contributed by atoms with E-state index >= 15 is 0 Å². The number of carbonyl (C=O) groups is 2. The van der Waals surface area contributed by atoms with E-state index in [1.165, 1.54) is 25.7 Å². The highest BCUT2D eigenvalue weighted by Gasteiger charge is 2.12. The minimum atomic E-state index is -0.359. The van der Waals surface area contributed by atoms with Crippen LogP contribution in [-0.2, 0) is 19.1 Å². The Labute approximate surface area is 142 Å². The summed E-state index contributed by atoms with van der Waals surface area (Å²) in [6, 6.07) is 0. The van der Waals surface area contributed by atoms with Gasteiger partial charge in [-0.25, -0.2) is 0 Å². The average molecular weight is 328 g/mol. The standard InChI is InChI=1S/C19H36O4/c1-4-6-8-10-11-13-14-18(20)22-16-17(3)23-19(21)15-12-9-7-5-2/h17H,4-16H2,1-3H3. The van der Waals surface area contributed by atoms with E-state index in [4.69, 9.17) is 9.47 Å². The monoisotopic (exact) mass is 328 g/mol. The van der Waals surface area contributed by atoms with Gasteiger partial charge in [0.1, 0.15) is 12.7 Å². The van der Waals surface area contributed by atoms with Crippen LogP contribution in [0.15, 0.2) is 0 Å². The van der Waals surface area contributed by atoms with Crippen LogP contribution < -0.4 is 0 Å². The first-order chi connectivity index (χ1) is 11.1. The van der Waals surface area contributed by atoms with Gasteiger partial charge in [0.25, 0.3) is 0 Å². The Kier molecular flexibility index (Phi) is 15.1. The highest BCUT2D eigenvalue weighted by atomic mass is 16.6. The van der Waals surface area contributed by atoms with Crippen molar-refractivity contribution in [2.24, 2.45) is 0 Å². The Bertz CT molecular complexity index is 302. The predicted molar refractivity (Wildman–Crippen MR) is 93.3 cm³/mol. The molecule has 4 nitrogen and oxygen atoms in total. The molecule has 0 spiro atoms. The van der Waals surface area contributed by atoms with Crippen LogP contribution in [0.5, 0.6) is 0 Å². The molecule has 0 aliphatic rings. The molecule has 0 bridgehead atoms. The summed E-state index contributed by atoms with van der Waals surface area (Å²) in [4.78, 5) is 23.2. The molecule has 0 N–H and O–H groups in total. The van der Waals surface area contributed by atoms with Crippen LogP contribution in [0.3, 0.4) is 0 Å². The van der Waals surface area contributed by atoms with Crippen LogP contribution in [0.1, 0.15) is 97.8 Å². The summed E-state index contributed by atoms with van der Waals surface area (Å²) < 4.78 is 10.4. The second-order valence-electron chi connectivity index (χ2n) is 6.31. The van der Waals surface area contributed by atoms with Gasteiger partial charge < -0.3 is 9.47 Å². The van der Waals surface area contributed by atoms with Crippen molar-refractivity contribution >= 4 is 11.9 Å². The van der Waals surface area contributed by atoms with Crippen molar-refractivity contribution in [1.29, 1.82) is 0 Å². The zero-order chi connectivity index (χ0) is 17.3. The van der Waals surface area contributed by atoms with Crippen molar-refractivity contribution in [3.63, 3.8) is 0 Å². The molecule has 0 radical (unpaired) electrons. The highest BCUT2D eigenvalue weighted by Crippen LogP contribution is 2.08. The fraction of sp³-hybridized carbons (Fsp3) is 0.895. The normalized spacial score (nSPS) is 12.0. The van der Waals surface area contributed by atoms with E-state index in [1.54, 1.807) is 6.92 Å². The average Bonchev–Trinajstić information content (AvgIpc) is 2.53. The summed E-state index contributed by atoms with van der Waals surface area (Å²) in [5.74, 6) is -0.382. The third-order valence-electron chi connectivity index (χ3n) is 3.78. The Morgan fingerprint density at radius 2 is 1.22 bits per heavy atom. The van der Waals surface area contributed by atoms with Gasteiger partial charge in [0, 0.05) is 12.8 Å². The van der Waals surface area contributed by atoms with Crippen LogP contribution in [0.4, 0.5) is 0 Å². The molecular weight excluding hydrogens is 292 g/mol. The van der Waals surface area contributed by atoms with Gasteiger partial charge in [-0.1, -0.05) is 65.2 Å².